The summed E-state index contributed by atoms with van der Waals surface area (Å²) in [6.45, 7) is 5.35. The fraction of sp³-hybridized carbons (Fsp3) is 0.538. The van der Waals surface area contributed by atoms with Gasteiger partial charge in [0.2, 0.25) is 0 Å². The first-order valence-corrected chi connectivity index (χ1v) is 12.2. The summed E-state index contributed by atoms with van der Waals surface area (Å²) in [4.78, 5) is 54.7. The van der Waals surface area contributed by atoms with Crippen LogP contribution in [0, 0.1) is 0 Å². The third-order valence-electron chi connectivity index (χ3n) is 6.70. The molecular weight excluding hydrogens is 450 g/mol. The fourth-order valence-electron chi connectivity index (χ4n) is 4.67. The van der Waals surface area contributed by atoms with E-state index >= 15 is 0 Å². The quantitative estimate of drug-likeness (QED) is 0.487. The van der Waals surface area contributed by atoms with Crippen molar-refractivity contribution in [1.29, 1.82) is 0 Å². The molecule has 2 aliphatic rings. The van der Waals surface area contributed by atoms with E-state index in [-0.39, 0.29) is 29.6 Å². The maximum atomic E-state index is 13.5. The lowest BCUT2D eigenvalue weighted by Gasteiger charge is -2.34. The third-order valence-corrected chi connectivity index (χ3v) is 6.70. The summed E-state index contributed by atoms with van der Waals surface area (Å²) in [5.41, 5.74) is 0.854. The highest BCUT2D eigenvalue weighted by Gasteiger charge is 2.28. The maximum absolute atomic E-state index is 13.5. The van der Waals surface area contributed by atoms with Gasteiger partial charge < -0.3 is 24.6 Å². The molecule has 1 aromatic rings. The summed E-state index contributed by atoms with van der Waals surface area (Å²) < 4.78 is 9.41. The normalized spacial score (nSPS) is 20.7. The Morgan fingerprint density at radius 2 is 1.34 bits per heavy atom. The molecule has 35 heavy (non-hydrogen) atoms. The SMILES string of the molecule is COC(=O)/C=C(/Nc1cc(C(=O)N2CCCCC2C)cc(C(=O)N2CCCCC2C)c1)C(=O)OC. The van der Waals surface area contributed by atoms with Gasteiger partial charge in [-0.05, 0) is 70.6 Å². The summed E-state index contributed by atoms with van der Waals surface area (Å²) >= 11 is 0. The smallest absolute Gasteiger partial charge is 0.354 e. The molecule has 0 radical (unpaired) electrons. The molecule has 2 unspecified atom stereocenters. The van der Waals surface area contributed by atoms with Crippen molar-refractivity contribution in [2.45, 2.75) is 64.5 Å². The van der Waals surface area contributed by atoms with E-state index < -0.39 is 11.9 Å². The van der Waals surface area contributed by atoms with Gasteiger partial charge in [-0.3, -0.25) is 9.59 Å². The molecule has 2 atom stereocenters. The number of amides is 2. The number of carbonyl (C=O) groups excluding carboxylic acids is 4. The lowest BCUT2D eigenvalue weighted by molar-refractivity contribution is -0.138. The maximum Gasteiger partial charge on any atom is 0.354 e. The average Bonchev–Trinajstić information content (AvgIpc) is 2.87. The van der Waals surface area contributed by atoms with Crippen molar-refractivity contribution >= 4 is 29.4 Å². The van der Waals surface area contributed by atoms with Crippen LogP contribution in [0.4, 0.5) is 5.69 Å². The van der Waals surface area contributed by atoms with E-state index in [4.69, 9.17) is 4.74 Å². The molecule has 2 saturated heterocycles. The predicted octanol–water partition coefficient (Wildman–Crippen LogP) is 3.36. The summed E-state index contributed by atoms with van der Waals surface area (Å²) in [5, 5.41) is 2.86. The minimum Gasteiger partial charge on any atom is -0.466 e. The lowest BCUT2D eigenvalue weighted by Crippen LogP contribution is -2.43. The number of nitrogens with zero attached hydrogens (tertiary/aromatic N) is 2. The molecule has 3 rings (SSSR count). The van der Waals surface area contributed by atoms with Gasteiger partial charge in [-0.2, -0.15) is 0 Å². The molecule has 0 spiro atoms. The van der Waals surface area contributed by atoms with Gasteiger partial charge in [-0.1, -0.05) is 0 Å². The van der Waals surface area contributed by atoms with Gasteiger partial charge in [0.15, 0.2) is 0 Å². The van der Waals surface area contributed by atoms with E-state index in [0.717, 1.165) is 44.6 Å². The number of piperidine rings is 2. The molecule has 2 heterocycles. The van der Waals surface area contributed by atoms with Gasteiger partial charge in [0.1, 0.15) is 5.70 Å². The molecule has 0 bridgehead atoms. The standard InChI is InChI=1S/C26H35N3O6/c1-17-9-5-7-11-28(17)24(31)19-13-20(25(32)29-12-8-6-10-18(29)2)15-21(14-19)27-22(26(33)35-4)16-23(30)34-3/h13-18,27H,5-12H2,1-4H3/b22-16+. The zero-order valence-electron chi connectivity index (χ0n) is 21.0. The van der Waals surface area contributed by atoms with Crippen LogP contribution in [0.25, 0.3) is 0 Å². The average molecular weight is 486 g/mol. The predicted molar refractivity (Wildman–Crippen MR) is 131 cm³/mol. The Labute approximate surface area is 206 Å². The molecule has 1 aromatic carbocycles. The number of ether oxygens (including phenoxy) is 2. The van der Waals surface area contributed by atoms with Crippen molar-refractivity contribution < 1.29 is 28.7 Å². The lowest BCUT2D eigenvalue weighted by atomic mass is 9.99. The molecular formula is C26H35N3O6. The number of rotatable bonds is 6. The molecule has 2 fully saturated rings. The zero-order chi connectivity index (χ0) is 25.5. The van der Waals surface area contributed by atoms with E-state index in [1.165, 1.54) is 14.2 Å². The zero-order valence-corrected chi connectivity index (χ0v) is 21.0. The van der Waals surface area contributed by atoms with E-state index in [1.54, 1.807) is 18.2 Å². The Morgan fingerprint density at radius 3 is 1.77 bits per heavy atom. The van der Waals surface area contributed by atoms with Crippen LogP contribution in [-0.4, -0.2) is 72.9 Å². The number of hydrogen-bond donors (Lipinski definition) is 1. The summed E-state index contributed by atoms with van der Waals surface area (Å²) in [6, 6.07) is 5.00. The van der Waals surface area contributed by atoms with Gasteiger partial charge in [0.05, 0.1) is 20.3 Å². The summed E-state index contributed by atoms with van der Waals surface area (Å²) in [6.07, 6.45) is 6.83. The van der Waals surface area contributed by atoms with Gasteiger partial charge >= 0.3 is 11.9 Å². The first-order chi connectivity index (χ1) is 16.7. The van der Waals surface area contributed by atoms with Gasteiger partial charge in [-0.15, -0.1) is 0 Å². The number of anilines is 1. The first kappa shape index (κ1) is 26.2. The van der Waals surface area contributed by atoms with Crippen LogP contribution in [0.1, 0.15) is 73.1 Å². The highest BCUT2D eigenvalue weighted by molar-refractivity contribution is 6.03. The number of esters is 2. The van der Waals surface area contributed by atoms with Crippen molar-refractivity contribution in [3.8, 4) is 0 Å². The summed E-state index contributed by atoms with van der Waals surface area (Å²) in [5.74, 6) is -1.86. The number of carbonyl (C=O) groups is 4. The van der Waals surface area contributed by atoms with Crippen molar-refractivity contribution in [1.82, 2.24) is 9.80 Å². The van der Waals surface area contributed by atoms with Crippen LogP contribution in [0.15, 0.2) is 30.0 Å². The molecule has 190 valence electrons. The minimum atomic E-state index is -0.783. The first-order valence-electron chi connectivity index (χ1n) is 12.2. The minimum absolute atomic E-state index is 0.0963. The molecule has 2 amide bonds. The molecule has 1 N–H and O–H groups in total. The Hall–Kier alpha value is -3.36. The highest BCUT2D eigenvalue weighted by atomic mass is 16.5. The van der Waals surface area contributed by atoms with E-state index in [2.05, 4.69) is 10.1 Å². The van der Waals surface area contributed by atoms with Crippen LogP contribution < -0.4 is 5.32 Å². The second kappa shape index (κ2) is 11.9. The number of nitrogens with one attached hydrogen (secondary N) is 1. The van der Waals surface area contributed by atoms with Crippen LogP contribution in [0.5, 0.6) is 0 Å². The topological polar surface area (TPSA) is 105 Å². The Balaban J connectivity index is 2.02. The monoisotopic (exact) mass is 485 g/mol. The van der Waals surface area contributed by atoms with Crippen LogP contribution in [0.2, 0.25) is 0 Å². The van der Waals surface area contributed by atoms with Crippen LogP contribution in [0.3, 0.4) is 0 Å². The van der Waals surface area contributed by atoms with Crippen molar-refractivity contribution in [3.05, 3.63) is 41.1 Å². The molecule has 2 aliphatic heterocycles. The van der Waals surface area contributed by atoms with Gasteiger partial charge in [0.25, 0.3) is 11.8 Å². The van der Waals surface area contributed by atoms with Crippen molar-refractivity contribution in [3.63, 3.8) is 0 Å². The summed E-state index contributed by atoms with van der Waals surface area (Å²) in [7, 11) is 2.39. The number of hydrogen-bond acceptors (Lipinski definition) is 7. The number of likely N-dealkylation sites (tertiary alicyclic amines) is 2. The third kappa shape index (κ3) is 6.41. The van der Waals surface area contributed by atoms with E-state index in [1.807, 2.05) is 23.6 Å². The fourth-order valence-corrected chi connectivity index (χ4v) is 4.67. The largest absolute Gasteiger partial charge is 0.466 e. The van der Waals surface area contributed by atoms with Gasteiger partial charge in [0, 0.05) is 42.0 Å². The van der Waals surface area contributed by atoms with Crippen LogP contribution in [-0.2, 0) is 19.1 Å². The molecule has 0 aromatic heterocycles. The second-order valence-electron chi connectivity index (χ2n) is 9.18. The number of benzene rings is 1. The Morgan fingerprint density at radius 1 is 0.829 bits per heavy atom. The molecule has 0 aliphatic carbocycles. The van der Waals surface area contributed by atoms with Gasteiger partial charge in [-0.25, -0.2) is 9.59 Å². The van der Waals surface area contributed by atoms with E-state index in [9.17, 15) is 19.2 Å². The van der Waals surface area contributed by atoms with Crippen LogP contribution >= 0.6 is 0 Å². The Kier molecular flexibility index (Phi) is 8.89. The molecule has 9 nitrogen and oxygen atoms in total. The highest BCUT2D eigenvalue weighted by Crippen LogP contribution is 2.26. The number of methoxy groups -OCH3 is 2. The molecule has 9 heteroatoms. The second-order valence-corrected chi connectivity index (χ2v) is 9.18. The van der Waals surface area contributed by atoms with Crippen molar-refractivity contribution in [2.24, 2.45) is 0 Å². The van der Waals surface area contributed by atoms with E-state index in [0.29, 0.717) is 29.9 Å². The van der Waals surface area contributed by atoms with Crippen molar-refractivity contribution in [2.75, 3.05) is 32.6 Å². The Bertz CT molecular complexity index is 953. The molecule has 0 saturated carbocycles.